The molecule has 2 unspecified atom stereocenters. The zero-order valence-electron chi connectivity index (χ0n) is 14.6. The molecule has 0 spiro atoms. The summed E-state index contributed by atoms with van der Waals surface area (Å²) in [6.07, 6.45) is 6.57. The summed E-state index contributed by atoms with van der Waals surface area (Å²) in [5, 5.41) is 14.0. The van der Waals surface area contributed by atoms with Gasteiger partial charge >= 0.3 is 0 Å². The van der Waals surface area contributed by atoms with Crippen LogP contribution in [0.3, 0.4) is 0 Å². The SMILES string of the molecule is CC1C(=O)C(C#N)=C[C@]2(Cc3ccccc3)c3c(cnn3C)CCC12. The number of fused-ring (bicyclic) bond motifs is 3. The van der Waals surface area contributed by atoms with E-state index in [0.717, 1.165) is 19.3 Å². The normalized spacial score (nSPS) is 27.9. The molecule has 1 aromatic carbocycles. The van der Waals surface area contributed by atoms with E-state index in [4.69, 9.17) is 0 Å². The molecule has 0 saturated heterocycles. The second kappa shape index (κ2) is 5.70. The molecule has 0 radical (unpaired) electrons. The van der Waals surface area contributed by atoms with Gasteiger partial charge in [0, 0.05) is 18.4 Å². The fourth-order valence-electron chi connectivity index (χ4n) is 4.93. The smallest absolute Gasteiger partial charge is 0.176 e. The third-order valence-electron chi connectivity index (χ3n) is 5.99. The number of nitriles is 1. The summed E-state index contributed by atoms with van der Waals surface area (Å²) in [4.78, 5) is 12.6. The highest BCUT2D eigenvalue weighted by Crippen LogP contribution is 2.51. The highest BCUT2D eigenvalue weighted by atomic mass is 16.1. The zero-order valence-corrected chi connectivity index (χ0v) is 14.6. The molecule has 4 nitrogen and oxygen atoms in total. The Bertz CT molecular complexity index is 903. The fourth-order valence-corrected chi connectivity index (χ4v) is 4.93. The molecule has 0 fully saturated rings. The lowest BCUT2D eigenvalue weighted by Gasteiger charge is -2.47. The van der Waals surface area contributed by atoms with Crippen molar-refractivity contribution >= 4 is 5.78 Å². The van der Waals surface area contributed by atoms with E-state index in [0.29, 0.717) is 5.57 Å². The first kappa shape index (κ1) is 15.8. The quantitative estimate of drug-likeness (QED) is 0.849. The molecule has 2 aliphatic carbocycles. The van der Waals surface area contributed by atoms with Gasteiger partial charge in [0.25, 0.3) is 0 Å². The number of benzene rings is 1. The second-order valence-corrected chi connectivity index (χ2v) is 7.31. The molecule has 126 valence electrons. The van der Waals surface area contributed by atoms with Gasteiger partial charge in [-0.3, -0.25) is 9.48 Å². The Kier molecular flexibility index (Phi) is 3.61. The number of aromatic nitrogens is 2. The minimum absolute atomic E-state index is 0.0122. The van der Waals surface area contributed by atoms with E-state index in [1.807, 2.05) is 49.1 Å². The van der Waals surface area contributed by atoms with E-state index in [1.165, 1.54) is 16.8 Å². The van der Waals surface area contributed by atoms with Gasteiger partial charge in [-0.05, 0) is 36.3 Å². The molecular formula is C21H21N3O. The number of carbonyl (C=O) groups excluding carboxylic acids is 1. The van der Waals surface area contributed by atoms with Crippen LogP contribution in [0, 0.1) is 23.2 Å². The summed E-state index contributed by atoms with van der Waals surface area (Å²) in [6, 6.07) is 12.5. The first-order valence-electron chi connectivity index (χ1n) is 8.79. The minimum Gasteiger partial charge on any atom is -0.293 e. The number of carbonyl (C=O) groups is 1. The Morgan fingerprint density at radius 2 is 2.12 bits per heavy atom. The number of ketones is 1. The van der Waals surface area contributed by atoms with Crippen molar-refractivity contribution in [3.8, 4) is 6.07 Å². The Balaban J connectivity index is 1.98. The summed E-state index contributed by atoms with van der Waals surface area (Å²) in [7, 11) is 1.97. The van der Waals surface area contributed by atoms with Crippen molar-refractivity contribution in [2.45, 2.75) is 31.6 Å². The van der Waals surface area contributed by atoms with Crippen molar-refractivity contribution < 1.29 is 4.79 Å². The van der Waals surface area contributed by atoms with Gasteiger partial charge in [0.1, 0.15) is 6.07 Å². The third kappa shape index (κ3) is 2.26. The number of Topliss-reactive ketones (excluding diaryl/α,β-unsaturated/α-hetero) is 1. The molecule has 0 aliphatic heterocycles. The molecule has 0 saturated carbocycles. The van der Waals surface area contributed by atoms with Crippen LogP contribution < -0.4 is 0 Å². The van der Waals surface area contributed by atoms with Crippen molar-refractivity contribution in [3.63, 3.8) is 0 Å². The summed E-state index contributed by atoms with van der Waals surface area (Å²) in [5.74, 6) is 0.0356. The van der Waals surface area contributed by atoms with Gasteiger partial charge in [0.2, 0.25) is 0 Å². The van der Waals surface area contributed by atoms with Crippen LogP contribution in [-0.4, -0.2) is 15.6 Å². The molecular weight excluding hydrogens is 310 g/mol. The van der Waals surface area contributed by atoms with Crippen LogP contribution in [0.1, 0.15) is 30.2 Å². The van der Waals surface area contributed by atoms with Crippen molar-refractivity contribution in [2.75, 3.05) is 0 Å². The standard InChI is InChI=1S/C21H21N3O/c1-14-18-9-8-16-13-23-24(2)20(16)21(18,11-17(12-22)19(14)25)10-15-6-4-3-5-7-15/h3-7,11,13-14,18H,8-10H2,1-2H3/t14?,18?,21-/m0/s1. The fraction of sp³-hybridized carbons (Fsp3) is 0.381. The Morgan fingerprint density at radius 1 is 1.36 bits per heavy atom. The summed E-state index contributed by atoms with van der Waals surface area (Å²) in [6.45, 7) is 1.98. The largest absolute Gasteiger partial charge is 0.293 e. The highest BCUT2D eigenvalue weighted by Gasteiger charge is 2.52. The van der Waals surface area contributed by atoms with Gasteiger partial charge in [-0.25, -0.2) is 0 Å². The van der Waals surface area contributed by atoms with E-state index in [2.05, 4.69) is 23.3 Å². The van der Waals surface area contributed by atoms with Crippen LogP contribution in [0.5, 0.6) is 0 Å². The molecule has 1 heterocycles. The maximum absolute atomic E-state index is 12.6. The van der Waals surface area contributed by atoms with Gasteiger partial charge in [0.15, 0.2) is 5.78 Å². The van der Waals surface area contributed by atoms with E-state index in [9.17, 15) is 10.1 Å². The van der Waals surface area contributed by atoms with Crippen LogP contribution in [0.2, 0.25) is 0 Å². The minimum atomic E-state index is -0.349. The Hall–Kier alpha value is -2.67. The number of nitrogens with zero attached hydrogens (tertiary/aromatic N) is 3. The predicted octanol–water partition coefficient (Wildman–Crippen LogP) is 3.13. The number of aryl methyl sites for hydroxylation is 2. The maximum atomic E-state index is 12.6. The second-order valence-electron chi connectivity index (χ2n) is 7.31. The van der Waals surface area contributed by atoms with Gasteiger partial charge in [-0.1, -0.05) is 43.3 Å². The number of hydrogen-bond donors (Lipinski definition) is 0. The molecule has 0 amide bonds. The molecule has 0 N–H and O–H groups in total. The summed E-state index contributed by atoms with van der Waals surface area (Å²) >= 11 is 0. The van der Waals surface area contributed by atoms with E-state index >= 15 is 0 Å². The zero-order chi connectivity index (χ0) is 17.6. The highest BCUT2D eigenvalue weighted by molar-refractivity contribution is 6.02. The molecule has 25 heavy (non-hydrogen) atoms. The Labute approximate surface area is 147 Å². The van der Waals surface area contributed by atoms with Crippen LogP contribution >= 0.6 is 0 Å². The average Bonchev–Trinajstić information content (AvgIpc) is 3.01. The average molecular weight is 331 g/mol. The third-order valence-corrected chi connectivity index (χ3v) is 5.99. The van der Waals surface area contributed by atoms with Crippen LogP contribution in [0.4, 0.5) is 0 Å². The summed E-state index contributed by atoms with van der Waals surface area (Å²) < 4.78 is 1.94. The lowest BCUT2D eigenvalue weighted by Crippen LogP contribution is -2.49. The number of allylic oxidation sites excluding steroid dienone is 2. The van der Waals surface area contributed by atoms with Crippen LogP contribution in [-0.2, 0) is 30.1 Å². The maximum Gasteiger partial charge on any atom is 0.176 e. The molecule has 2 aromatic rings. The Morgan fingerprint density at radius 3 is 2.84 bits per heavy atom. The van der Waals surface area contributed by atoms with Crippen molar-refractivity contribution in [3.05, 3.63) is 65.0 Å². The topological polar surface area (TPSA) is 58.7 Å². The van der Waals surface area contributed by atoms with Gasteiger partial charge in [-0.15, -0.1) is 0 Å². The van der Waals surface area contributed by atoms with E-state index in [-0.39, 0.29) is 23.0 Å². The molecule has 4 rings (SSSR count). The van der Waals surface area contributed by atoms with E-state index < -0.39 is 0 Å². The molecule has 3 atom stereocenters. The lowest BCUT2D eigenvalue weighted by molar-refractivity contribution is -0.121. The van der Waals surface area contributed by atoms with E-state index in [1.54, 1.807) is 0 Å². The molecule has 1 aromatic heterocycles. The first-order chi connectivity index (χ1) is 12.1. The monoisotopic (exact) mass is 331 g/mol. The lowest BCUT2D eigenvalue weighted by atomic mass is 9.55. The molecule has 2 aliphatic rings. The van der Waals surface area contributed by atoms with Crippen LogP contribution in [0.25, 0.3) is 0 Å². The van der Waals surface area contributed by atoms with Crippen LogP contribution in [0.15, 0.2) is 48.2 Å². The molecule has 4 heteroatoms. The van der Waals surface area contributed by atoms with Gasteiger partial charge < -0.3 is 0 Å². The van der Waals surface area contributed by atoms with Crippen molar-refractivity contribution in [1.29, 1.82) is 5.26 Å². The number of hydrogen-bond acceptors (Lipinski definition) is 3. The first-order valence-corrected chi connectivity index (χ1v) is 8.79. The van der Waals surface area contributed by atoms with Gasteiger partial charge in [-0.2, -0.15) is 10.4 Å². The van der Waals surface area contributed by atoms with Crippen molar-refractivity contribution in [2.24, 2.45) is 18.9 Å². The number of rotatable bonds is 2. The molecule has 0 bridgehead atoms. The summed E-state index contributed by atoms with van der Waals surface area (Å²) in [5.41, 5.74) is 3.58. The predicted molar refractivity (Wildman–Crippen MR) is 94.7 cm³/mol. The van der Waals surface area contributed by atoms with Crippen molar-refractivity contribution in [1.82, 2.24) is 9.78 Å². The van der Waals surface area contributed by atoms with Gasteiger partial charge in [0.05, 0.1) is 17.5 Å².